The lowest BCUT2D eigenvalue weighted by molar-refractivity contribution is 1.16. The average Bonchev–Trinajstić information content (AvgIpc) is 3.28. The van der Waals surface area contributed by atoms with Crippen molar-refractivity contribution < 1.29 is 0 Å². The molecule has 0 saturated carbocycles. The van der Waals surface area contributed by atoms with Crippen molar-refractivity contribution in [2.75, 3.05) is 10.6 Å². The summed E-state index contributed by atoms with van der Waals surface area (Å²) in [5, 5.41) is 7.89. The molecule has 132 valence electrons. The fourth-order valence-corrected chi connectivity index (χ4v) is 3.51. The first kappa shape index (κ1) is 15.6. The van der Waals surface area contributed by atoms with Gasteiger partial charge in [0.15, 0.2) is 0 Å². The number of fused-ring (bicyclic) bond motifs is 2. The van der Waals surface area contributed by atoms with E-state index in [9.17, 15) is 0 Å². The third-order valence-corrected chi connectivity index (χ3v) is 4.75. The van der Waals surface area contributed by atoms with Gasteiger partial charge in [-0.1, -0.05) is 24.3 Å². The normalized spacial score (nSPS) is 12.3. The Morgan fingerprint density at radius 2 is 2.00 bits per heavy atom. The lowest BCUT2D eigenvalue weighted by atomic mass is 10.1. The van der Waals surface area contributed by atoms with E-state index >= 15 is 0 Å². The van der Waals surface area contributed by atoms with Crippen molar-refractivity contribution in [3.63, 3.8) is 0 Å². The van der Waals surface area contributed by atoms with Crippen LogP contribution in [0.5, 0.6) is 0 Å². The molecule has 0 fully saturated rings. The number of H-pyrrole nitrogens is 1. The minimum absolute atomic E-state index is 0.576. The zero-order valence-corrected chi connectivity index (χ0v) is 15.0. The van der Waals surface area contributed by atoms with Crippen LogP contribution in [-0.2, 0) is 6.42 Å². The molecule has 0 saturated heterocycles. The van der Waals surface area contributed by atoms with Crippen molar-refractivity contribution in [1.82, 2.24) is 15.0 Å². The minimum Gasteiger partial charge on any atom is -0.359 e. The highest BCUT2D eigenvalue weighted by Crippen LogP contribution is 2.29. The summed E-state index contributed by atoms with van der Waals surface area (Å²) < 4.78 is 0. The van der Waals surface area contributed by atoms with Gasteiger partial charge in [0.2, 0.25) is 5.95 Å². The van der Waals surface area contributed by atoms with E-state index in [4.69, 9.17) is 0 Å². The van der Waals surface area contributed by atoms with Crippen LogP contribution in [-0.4, -0.2) is 15.0 Å². The van der Waals surface area contributed by atoms with Crippen molar-refractivity contribution in [3.8, 4) is 0 Å². The van der Waals surface area contributed by atoms with Gasteiger partial charge in [-0.25, -0.2) is 4.98 Å². The smallest absolute Gasteiger partial charge is 0.229 e. The van der Waals surface area contributed by atoms with E-state index in [2.05, 4.69) is 81.1 Å². The number of hydrogen-bond acceptors (Lipinski definition) is 4. The van der Waals surface area contributed by atoms with Gasteiger partial charge in [0.05, 0.1) is 0 Å². The van der Waals surface area contributed by atoms with Gasteiger partial charge in [0, 0.05) is 39.7 Å². The maximum Gasteiger partial charge on any atom is 0.229 e. The SMILES string of the molecule is Cc1cc2cc(Nc3ccnc(Nc4cccc5c4C=CC5)n3)ccc2[nH]1. The van der Waals surface area contributed by atoms with Crippen LogP contribution in [0.3, 0.4) is 0 Å². The van der Waals surface area contributed by atoms with Crippen molar-refractivity contribution in [1.29, 1.82) is 0 Å². The molecule has 27 heavy (non-hydrogen) atoms. The standard InChI is InChI=1S/C22H19N5/c1-14-12-16-13-17(8-9-19(16)24-14)25-21-10-11-23-22(27-21)26-20-7-3-5-15-4-2-6-18(15)20/h2-3,5-13,24H,4H2,1H3,(H2,23,25,26,27). The zero-order valence-electron chi connectivity index (χ0n) is 15.0. The molecule has 0 bridgehead atoms. The molecular formula is C22H19N5. The summed E-state index contributed by atoms with van der Waals surface area (Å²) >= 11 is 0. The van der Waals surface area contributed by atoms with Crippen molar-refractivity contribution in [3.05, 3.63) is 77.6 Å². The predicted molar refractivity (Wildman–Crippen MR) is 111 cm³/mol. The van der Waals surface area contributed by atoms with Crippen molar-refractivity contribution in [2.24, 2.45) is 0 Å². The Bertz CT molecular complexity index is 1170. The molecule has 0 spiro atoms. The molecule has 5 rings (SSSR count). The Labute approximate surface area is 157 Å². The van der Waals surface area contributed by atoms with Gasteiger partial charge in [-0.15, -0.1) is 0 Å². The van der Waals surface area contributed by atoms with Crippen LogP contribution in [0.1, 0.15) is 16.8 Å². The number of benzene rings is 2. The minimum atomic E-state index is 0.576. The Morgan fingerprint density at radius 3 is 2.96 bits per heavy atom. The Kier molecular flexibility index (Phi) is 3.64. The summed E-state index contributed by atoms with van der Waals surface area (Å²) in [4.78, 5) is 12.3. The molecule has 0 aliphatic heterocycles. The van der Waals surface area contributed by atoms with Crippen LogP contribution in [0.15, 0.2) is 60.8 Å². The third kappa shape index (κ3) is 3.04. The highest BCUT2D eigenvalue weighted by molar-refractivity contribution is 5.84. The molecule has 5 nitrogen and oxygen atoms in total. The molecule has 1 aliphatic rings. The van der Waals surface area contributed by atoms with Gasteiger partial charge in [0.25, 0.3) is 0 Å². The number of aryl methyl sites for hydroxylation is 1. The molecule has 0 radical (unpaired) electrons. The molecule has 4 aromatic rings. The summed E-state index contributed by atoms with van der Waals surface area (Å²) in [5.74, 6) is 1.33. The number of nitrogens with one attached hydrogen (secondary N) is 3. The van der Waals surface area contributed by atoms with Crippen molar-refractivity contribution >= 4 is 40.1 Å². The highest BCUT2D eigenvalue weighted by Gasteiger charge is 2.10. The highest BCUT2D eigenvalue weighted by atomic mass is 15.1. The number of nitrogens with zero attached hydrogens (tertiary/aromatic N) is 2. The van der Waals surface area contributed by atoms with Gasteiger partial charge in [-0.2, -0.15) is 4.98 Å². The number of hydrogen-bond donors (Lipinski definition) is 3. The van der Waals surface area contributed by atoms with Crippen LogP contribution < -0.4 is 10.6 Å². The van der Waals surface area contributed by atoms with Crippen LogP contribution in [0.4, 0.5) is 23.1 Å². The average molecular weight is 353 g/mol. The molecule has 5 heteroatoms. The van der Waals surface area contributed by atoms with Crippen LogP contribution in [0.25, 0.3) is 17.0 Å². The molecular weight excluding hydrogens is 334 g/mol. The second-order valence-electron chi connectivity index (χ2n) is 6.75. The van der Waals surface area contributed by atoms with E-state index in [1.54, 1.807) is 6.20 Å². The first-order chi connectivity index (χ1) is 13.2. The number of rotatable bonds is 4. The quantitative estimate of drug-likeness (QED) is 0.464. The fourth-order valence-electron chi connectivity index (χ4n) is 3.51. The Hall–Kier alpha value is -3.60. The van der Waals surface area contributed by atoms with Gasteiger partial charge in [-0.05, 0) is 55.3 Å². The summed E-state index contributed by atoms with van der Waals surface area (Å²) in [6.07, 6.45) is 7.06. The lowest BCUT2D eigenvalue weighted by Gasteiger charge is -2.11. The summed E-state index contributed by atoms with van der Waals surface area (Å²) in [5.41, 5.74) is 6.85. The molecule has 3 N–H and O–H groups in total. The number of anilines is 4. The lowest BCUT2D eigenvalue weighted by Crippen LogP contribution is -2.01. The maximum absolute atomic E-state index is 4.61. The molecule has 2 aromatic heterocycles. The molecule has 0 amide bonds. The molecule has 0 atom stereocenters. The van der Waals surface area contributed by atoms with E-state index in [0.29, 0.717) is 5.95 Å². The molecule has 2 heterocycles. The Morgan fingerprint density at radius 1 is 1.04 bits per heavy atom. The van der Waals surface area contributed by atoms with Gasteiger partial charge in [0.1, 0.15) is 5.82 Å². The Balaban J connectivity index is 1.40. The summed E-state index contributed by atoms with van der Waals surface area (Å²) in [6.45, 7) is 2.06. The van der Waals surface area contributed by atoms with Crippen LogP contribution in [0.2, 0.25) is 0 Å². The maximum atomic E-state index is 4.61. The summed E-state index contributed by atoms with van der Waals surface area (Å²) in [6, 6.07) is 16.5. The largest absolute Gasteiger partial charge is 0.359 e. The van der Waals surface area contributed by atoms with Crippen LogP contribution in [0, 0.1) is 6.92 Å². The van der Waals surface area contributed by atoms with Crippen LogP contribution >= 0.6 is 0 Å². The van der Waals surface area contributed by atoms with E-state index in [1.807, 2.05) is 12.1 Å². The van der Waals surface area contributed by atoms with Crippen molar-refractivity contribution in [2.45, 2.75) is 13.3 Å². The second-order valence-corrected chi connectivity index (χ2v) is 6.75. The van der Waals surface area contributed by atoms with E-state index in [0.717, 1.165) is 34.8 Å². The van der Waals surface area contributed by atoms with E-state index in [-0.39, 0.29) is 0 Å². The number of allylic oxidation sites excluding steroid dienone is 1. The topological polar surface area (TPSA) is 65.6 Å². The summed E-state index contributed by atoms with van der Waals surface area (Å²) in [7, 11) is 0. The predicted octanol–water partition coefficient (Wildman–Crippen LogP) is 5.32. The van der Waals surface area contributed by atoms with Gasteiger partial charge >= 0.3 is 0 Å². The first-order valence-corrected chi connectivity index (χ1v) is 8.99. The zero-order chi connectivity index (χ0) is 18.2. The number of aromatic amines is 1. The number of aromatic nitrogens is 3. The van der Waals surface area contributed by atoms with Gasteiger partial charge in [-0.3, -0.25) is 0 Å². The second kappa shape index (κ2) is 6.29. The monoisotopic (exact) mass is 353 g/mol. The molecule has 1 aliphatic carbocycles. The van der Waals surface area contributed by atoms with E-state index in [1.165, 1.54) is 16.5 Å². The van der Waals surface area contributed by atoms with E-state index < -0.39 is 0 Å². The van der Waals surface area contributed by atoms with Gasteiger partial charge < -0.3 is 15.6 Å². The third-order valence-electron chi connectivity index (χ3n) is 4.75. The molecule has 2 aromatic carbocycles. The molecule has 0 unspecified atom stereocenters. The fraction of sp³-hybridized carbons (Fsp3) is 0.0909. The first-order valence-electron chi connectivity index (χ1n) is 8.99.